The molecule has 22 heavy (non-hydrogen) atoms. The highest BCUT2D eigenvalue weighted by atomic mass is 32.2. The maximum absolute atomic E-state index is 13.9. The van der Waals surface area contributed by atoms with Crippen LogP contribution in [0.2, 0.25) is 0 Å². The van der Waals surface area contributed by atoms with Crippen molar-refractivity contribution in [3.8, 4) is 0 Å². The van der Waals surface area contributed by atoms with Crippen molar-refractivity contribution in [3.63, 3.8) is 0 Å². The molecule has 1 aromatic carbocycles. The summed E-state index contributed by atoms with van der Waals surface area (Å²) in [6, 6.07) is 2.50. The number of alkyl halides is 3. The van der Waals surface area contributed by atoms with Gasteiger partial charge in [-0.15, -0.1) is 0 Å². The summed E-state index contributed by atoms with van der Waals surface area (Å²) in [4.78, 5) is 14.5. The maximum atomic E-state index is 13.9. The first-order chi connectivity index (χ1) is 10.1. The Balaban J connectivity index is 2.73. The number of halogens is 4. The molecule has 0 saturated carbocycles. The van der Waals surface area contributed by atoms with Crippen LogP contribution in [0.3, 0.4) is 0 Å². The van der Waals surface area contributed by atoms with Crippen LogP contribution in [0.25, 0.3) is 0 Å². The van der Waals surface area contributed by atoms with Gasteiger partial charge in [-0.1, -0.05) is 0 Å². The van der Waals surface area contributed by atoms with Crippen molar-refractivity contribution in [2.45, 2.75) is 10.4 Å². The van der Waals surface area contributed by atoms with Gasteiger partial charge in [0, 0.05) is 25.0 Å². The lowest BCUT2D eigenvalue weighted by Crippen LogP contribution is -2.40. The molecule has 0 radical (unpaired) electrons. The van der Waals surface area contributed by atoms with Crippen LogP contribution in [0.5, 0.6) is 0 Å². The lowest BCUT2D eigenvalue weighted by Gasteiger charge is -2.20. The molecule has 0 atom stereocenters. The number of amides is 2. The van der Waals surface area contributed by atoms with Crippen LogP contribution < -0.4 is 10.2 Å². The predicted octanol–water partition coefficient (Wildman–Crippen LogP) is 3.15. The molecular weight excluding hydrogens is 322 g/mol. The largest absolute Gasteiger partial charge is 0.446 e. The third kappa shape index (κ3) is 6.10. The molecule has 0 heterocycles. The predicted molar refractivity (Wildman–Crippen MR) is 78.7 cm³/mol. The van der Waals surface area contributed by atoms with Gasteiger partial charge in [-0.3, -0.25) is 4.90 Å². The Labute approximate surface area is 130 Å². The average Bonchev–Trinajstić information content (AvgIpc) is 2.35. The number of carbonyl (C=O) groups is 1. The monoisotopic (exact) mass is 339 g/mol. The molecule has 4 nitrogen and oxygen atoms in total. The summed E-state index contributed by atoms with van der Waals surface area (Å²) in [5.74, 6) is -0.889. The van der Waals surface area contributed by atoms with E-state index in [4.69, 9.17) is 0 Å². The zero-order valence-electron chi connectivity index (χ0n) is 12.4. The van der Waals surface area contributed by atoms with Crippen LogP contribution in [0, 0.1) is 5.82 Å². The average molecular weight is 339 g/mol. The summed E-state index contributed by atoms with van der Waals surface area (Å²) in [6.07, 6.45) is 0. The Kier molecular flexibility index (Phi) is 6.48. The Hall–Kier alpha value is -1.48. The van der Waals surface area contributed by atoms with E-state index < -0.39 is 29.1 Å². The lowest BCUT2D eigenvalue weighted by atomic mass is 10.3. The zero-order chi connectivity index (χ0) is 16.9. The quantitative estimate of drug-likeness (QED) is 0.661. The number of likely N-dealkylation sites (N-methyl/N-ethyl adjacent to an activating group) is 1. The molecule has 0 saturated heterocycles. The number of anilines is 1. The van der Waals surface area contributed by atoms with E-state index in [0.717, 1.165) is 23.1 Å². The molecule has 1 N–H and O–H groups in total. The number of carbonyl (C=O) groups excluding carboxylic acids is 1. The van der Waals surface area contributed by atoms with E-state index in [-0.39, 0.29) is 10.6 Å². The van der Waals surface area contributed by atoms with Gasteiger partial charge in [-0.25, -0.2) is 9.18 Å². The van der Waals surface area contributed by atoms with Crippen molar-refractivity contribution >= 4 is 23.5 Å². The summed E-state index contributed by atoms with van der Waals surface area (Å²) in [5.41, 5.74) is -4.57. The lowest BCUT2D eigenvalue weighted by molar-refractivity contribution is -0.0328. The minimum atomic E-state index is -4.48. The maximum Gasteiger partial charge on any atom is 0.446 e. The fourth-order valence-corrected chi connectivity index (χ4v) is 2.14. The molecule has 2 amide bonds. The van der Waals surface area contributed by atoms with Crippen molar-refractivity contribution < 1.29 is 22.4 Å². The van der Waals surface area contributed by atoms with Crippen LogP contribution in [-0.2, 0) is 0 Å². The summed E-state index contributed by atoms with van der Waals surface area (Å²) < 4.78 is 50.6. The minimum Gasteiger partial charge on any atom is -0.336 e. The van der Waals surface area contributed by atoms with Crippen molar-refractivity contribution in [3.05, 3.63) is 24.0 Å². The van der Waals surface area contributed by atoms with Gasteiger partial charge in [0.05, 0.1) is 5.69 Å². The van der Waals surface area contributed by atoms with E-state index in [0.29, 0.717) is 13.1 Å². The number of benzene rings is 1. The van der Waals surface area contributed by atoms with Crippen molar-refractivity contribution in [1.82, 2.24) is 10.2 Å². The van der Waals surface area contributed by atoms with Crippen LogP contribution in [-0.4, -0.2) is 50.7 Å². The number of hydrogen-bond acceptors (Lipinski definition) is 3. The highest BCUT2D eigenvalue weighted by Gasteiger charge is 2.29. The summed E-state index contributed by atoms with van der Waals surface area (Å²) in [7, 11) is 5.03. The van der Waals surface area contributed by atoms with Gasteiger partial charge in [-0.2, -0.15) is 13.2 Å². The molecule has 124 valence electrons. The molecule has 1 aromatic rings. The molecule has 0 aliphatic carbocycles. The topological polar surface area (TPSA) is 35.6 Å². The zero-order valence-corrected chi connectivity index (χ0v) is 13.2. The van der Waals surface area contributed by atoms with Gasteiger partial charge in [-0.05, 0) is 44.1 Å². The van der Waals surface area contributed by atoms with Gasteiger partial charge in [0.1, 0.15) is 5.82 Å². The molecule has 0 aliphatic rings. The SMILES string of the molecule is CN(C)CCNC(=O)N(C)c1ccc(SC(F)(F)F)cc1F. The molecule has 0 fully saturated rings. The van der Waals surface area contributed by atoms with Crippen LogP contribution >= 0.6 is 11.8 Å². The molecule has 0 aromatic heterocycles. The van der Waals surface area contributed by atoms with Gasteiger partial charge < -0.3 is 10.2 Å². The number of hydrogen-bond donors (Lipinski definition) is 1. The third-order valence-electron chi connectivity index (χ3n) is 2.65. The molecule has 0 aliphatic heterocycles. The van der Waals surface area contributed by atoms with E-state index in [1.165, 1.54) is 7.05 Å². The fraction of sp³-hybridized carbons (Fsp3) is 0.462. The first-order valence-electron chi connectivity index (χ1n) is 6.31. The van der Waals surface area contributed by atoms with Crippen molar-refractivity contribution in [1.29, 1.82) is 0 Å². The highest BCUT2D eigenvalue weighted by molar-refractivity contribution is 8.00. The summed E-state index contributed by atoms with van der Waals surface area (Å²) >= 11 is -0.404. The third-order valence-corrected chi connectivity index (χ3v) is 3.38. The number of nitrogens with one attached hydrogen (secondary N) is 1. The first kappa shape index (κ1) is 18.6. The molecular formula is C13H17F4N3OS. The van der Waals surface area contributed by atoms with Crippen LogP contribution in [0.1, 0.15) is 0 Å². The highest BCUT2D eigenvalue weighted by Crippen LogP contribution is 2.38. The standard InChI is InChI=1S/C13H17F4N3OS/c1-19(2)7-6-18-12(21)20(3)11-5-4-9(8-10(11)14)22-13(15,16)17/h4-5,8H,6-7H2,1-3H3,(H,18,21). The van der Waals surface area contributed by atoms with E-state index in [1.807, 2.05) is 19.0 Å². The molecule has 0 unspecified atom stereocenters. The number of urea groups is 1. The summed E-state index contributed by atoms with van der Waals surface area (Å²) in [5, 5.41) is 2.59. The van der Waals surface area contributed by atoms with Gasteiger partial charge >= 0.3 is 11.5 Å². The Morgan fingerprint density at radius 2 is 1.91 bits per heavy atom. The number of nitrogens with zero attached hydrogens (tertiary/aromatic N) is 2. The molecule has 0 spiro atoms. The van der Waals surface area contributed by atoms with Crippen molar-refractivity contribution in [2.75, 3.05) is 39.1 Å². The normalized spacial score (nSPS) is 11.6. The number of thioether (sulfide) groups is 1. The van der Waals surface area contributed by atoms with Crippen molar-refractivity contribution in [2.24, 2.45) is 0 Å². The van der Waals surface area contributed by atoms with Crippen LogP contribution in [0.4, 0.5) is 28.0 Å². The molecule has 9 heteroatoms. The molecule has 1 rings (SSSR count). The smallest absolute Gasteiger partial charge is 0.336 e. The van der Waals surface area contributed by atoms with Gasteiger partial charge in [0.2, 0.25) is 0 Å². The number of rotatable bonds is 5. The Bertz CT molecular complexity index is 522. The van der Waals surface area contributed by atoms with E-state index >= 15 is 0 Å². The van der Waals surface area contributed by atoms with Crippen LogP contribution in [0.15, 0.2) is 23.1 Å². The van der Waals surface area contributed by atoms with E-state index in [2.05, 4.69) is 5.32 Å². The minimum absolute atomic E-state index is 0.0890. The molecule has 0 bridgehead atoms. The fourth-order valence-electron chi connectivity index (χ4n) is 1.57. The van der Waals surface area contributed by atoms with Gasteiger partial charge in [0.15, 0.2) is 0 Å². The first-order valence-corrected chi connectivity index (χ1v) is 7.13. The Morgan fingerprint density at radius 1 is 1.27 bits per heavy atom. The Morgan fingerprint density at radius 3 is 2.41 bits per heavy atom. The second-order valence-electron chi connectivity index (χ2n) is 4.76. The van der Waals surface area contributed by atoms with E-state index in [9.17, 15) is 22.4 Å². The van der Waals surface area contributed by atoms with E-state index in [1.54, 1.807) is 0 Å². The second kappa shape index (κ2) is 7.68. The second-order valence-corrected chi connectivity index (χ2v) is 5.89. The van der Waals surface area contributed by atoms with Gasteiger partial charge in [0.25, 0.3) is 0 Å². The summed E-state index contributed by atoms with van der Waals surface area (Å²) in [6.45, 7) is 0.989.